The van der Waals surface area contributed by atoms with E-state index in [1.807, 2.05) is 0 Å². The highest BCUT2D eigenvalue weighted by atomic mass is 14.0. The molecule has 3 aromatic rings. The molecule has 0 amide bonds. The predicted molar refractivity (Wildman–Crippen MR) is 142 cm³/mol. The zero-order valence-electron chi connectivity index (χ0n) is 20.3. The van der Waals surface area contributed by atoms with Crippen molar-refractivity contribution in [3.8, 4) is 23.7 Å². The molecule has 0 radical (unpaired) electrons. The summed E-state index contributed by atoms with van der Waals surface area (Å²) < 4.78 is 0. The van der Waals surface area contributed by atoms with Gasteiger partial charge in [-0.15, -0.1) is 0 Å². The van der Waals surface area contributed by atoms with Crippen LogP contribution in [0.15, 0.2) is 72.8 Å². The number of unbranched alkanes of at least 4 members (excludes halogenated alkanes) is 5. The molecule has 0 bridgehead atoms. The molecule has 0 saturated heterocycles. The SMILES string of the molecule is CCCCCCc1ccc(C#Cc2ccc(C#Cc3ccc(CCCCC)cc3)cc2)cc1. The molecular formula is C33H36. The molecular weight excluding hydrogens is 396 g/mol. The fourth-order valence-electron chi connectivity index (χ4n) is 3.77. The Morgan fingerprint density at radius 3 is 1.06 bits per heavy atom. The van der Waals surface area contributed by atoms with Gasteiger partial charge in [0.1, 0.15) is 0 Å². The van der Waals surface area contributed by atoms with Crippen molar-refractivity contribution < 1.29 is 0 Å². The van der Waals surface area contributed by atoms with Crippen molar-refractivity contribution in [1.82, 2.24) is 0 Å². The standard InChI is InChI=1S/C33H36/c1-3-5-7-9-11-29-14-18-31(19-15-29)21-23-33-26-24-32(25-27-33)22-20-30-16-12-28(13-17-30)10-8-6-4-2/h12-19,24-27H,3-11H2,1-2H3. The van der Waals surface area contributed by atoms with Gasteiger partial charge < -0.3 is 0 Å². The number of aryl methyl sites for hydroxylation is 2. The van der Waals surface area contributed by atoms with E-state index in [0.717, 1.165) is 28.7 Å². The molecule has 0 aromatic heterocycles. The van der Waals surface area contributed by atoms with Crippen molar-refractivity contribution in [2.75, 3.05) is 0 Å². The van der Waals surface area contributed by atoms with Gasteiger partial charge in [0, 0.05) is 22.3 Å². The Hall–Kier alpha value is -3.22. The fraction of sp³-hybridized carbons (Fsp3) is 0.333. The molecule has 0 heteroatoms. The van der Waals surface area contributed by atoms with E-state index in [1.54, 1.807) is 0 Å². The number of hydrogen-bond acceptors (Lipinski definition) is 0. The molecule has 0 heterocycles. The van der Waals surface area contributed by atoms with Crippen LogP contribution in [-0.2, 0) is 12.8 Å². The highest BCUT2D eigenvalue weighted by Gasteiger charge is 1.96. The lowest BCUT2D eigenvalue weighted by Gasteiger charge is -2.01. The molecule has 0 aliphatic heterocycles. The summed E-state index contributed by atoms with van der Waals surface area (Å²) >= 11 is 0. The van der Waals surface area contributed by atoms with Crippen LogP contribution in [0.2, 0.25) is 0 Å². The van der Waals surface area contributed by atoms with Crippen LogP contribution in [0.4, 0.5) is 0 Å². The van der Waals surface area contributed by atoms with Crippen LogP contribution in [0.3, 0.4) is 0 Å². The van der Waals surface area contributed by atoms with Gasteiger partial charge in [-0.3, -0.25) is 0 Å². The van der Waals surface area contributed by atoms with Gasteiger partial charge >= 0.3 is 0 Å². The van der Waals surface area contributed by atoms with Gasteiger partial charge in [-0.2, -0.15) is 0 Å². The second-order valence-electron chi connectivity index (χ2n) is 8.74. The molecule has 0 spiro atoms. The third kappa shape index (κ3) is 9.04. The van der Waals surface area contributed by atoms with E-state index < -0.39 is 0 Å². The van der Waals surface area contributed by atoms with Crippen LogP contribution in [0.5, 0.6) is 0 Å². The molecule has 0 saturated carbocycles. The zero-order valence-corrected chi connectivity index (χ0v) is 20.3. The van der Waals surface area contributed by atoms with Crippen molar-refractivity contribution >= 4 is 0 Å². The summed E-state index contributed by atoms with van der Waals surface area (Å²) in [7, 11) is 0. The topological polar surface area (TPSA) is 0 Å². The Morgan fingerprint density at radius 1 is 0.394 bits per heavy atom. The van der Waals surface area contributed by atoms with E-state index in [9.17, 15) is 0 Å². The predicted octanol–water partition coefficient (Wildman–Crippen LogP) is 8.34. The minimum atomic E-state index is 1.01. The van der Waals surface area contributed by atoms with Gasteiger partial charge in [-0.1, -0.05) is 93.9 Å². The van der Waals surface area contributed by atoms with E-state index in [-0.39, 0.29) is 0 Å². The lowest BCUT2D eigenvalue weighted by molar-refractivity contribution is 0.667. The molecule has 33 heavy (non-hydrogen) atoms. The fourth-order valence-corrected chi connectivity index (χ4v) is 3.77. The lowest BCUT2D eigenvalue weighted by Crippen LogP contribution is -1.86. The van der Waals surface area contributed by atoms with E-state index >= 15 is 0 Å². The molecule has 3 rings (SSSR count). The van der Waals surface area contributed by atoms with Crippen molar-refractivity contribution in [2.24, 2.45) is 0 Å². The Labute approximate surface area is 201 Å². The van der Waals surface area contributed by atoms with Gasteiger partial charge in [0.2, 0.25) is 0 Å². The second kappa shape index (κ2) is 14.0. The monoisotopic (exact) mass is 432 g/mol. The Bertz CT molecular complexity index is 1080. The van der Waals surface area contributed by atoms with E-state index in [2.05, 4.69) is 110 Å². The smallest absolute Gasteiger partial charge is 0.0249 e. The molecule has 0 atom stereocenters. The number of hydrogen-bond donors (Lipinski definition) is 0. The summed E-state index contributed by atoms with van der Waals surface area (Å²) in [5.74, 6) is 13.1. The second-order valence-corrected chi connectivity index (χ2v) is 8.74. The van der Waals surface area contributed by atoms with E-state index in [1.165, 1.54) is 62.5 Å². The summed E-state index contributed by atoms with van der Waals surface area (Å²) in [4.78, 5) is 0. The Morgan fingerprint density at radius 2 is 0.697 bits per heavy atom. The molecule has 3 aromatic carbocycles. The molecule has 0 nitrogen and oxygen atoms in total. The minimum Gasteiger partial charge on any atom is -0.0654 e. The maximum absolute atomic E-state index is 3.28. The van der Waals surface area contributed by atoms with Crippen molar-refractivity contribution in [1.29, 1.82) is 0 Å². The first-order valence-corrected chi connectivity index (χ1v) is 12.6. The summed E-state index contributed by atoms with van der Waals surface area (Å²) in [5.41, 5.74) is 6.96. The third-order valence-corrected chi connectivity index (χ3v) is 5.88. The van der Waals surface area contributed by atoms with Crippen LogP contribution in [0.25, 0.3) is 0 Å². The molecule has 0 unspecified atom stereocenters. The molecule has 0 N–H and O–H groups in total. The van der Waals surface area contributed by atoms with Crippen LogP contribution < -0.4 is 0 Å². The third-order valence-electron chi connectivity index (χ3n) is 5.88. The van der Waals surface area contributed by atoms with E-state index in [0.29, 0.717) is 0 Å². The first-order valence-electron chi connectivity index (χ1n) is 12.6. The average Bonchev–Trinajstić information content (AvgIpc) is 2.86. The quantitative estimate of drug-likeness (QED) is 0.235. The van der Waals surface area contributed by atoms with Gasteiger partial charge in [0.25, 0.3) is 0 Å². The van der Waals surface area contributed by atoms with Crippen molar-refractivity contribution in [3.05, 3.63) is 106 Å². The summed E-state index contributed by atoms with van der Waals surface area (Å²) in [5, 5.41) is 0. The zero-order chi connectivity index (χ0) is 23.1. The maximum Gasteiger partial charge on any atom is 0.0249 e. The first-order chi connectivity index (χ1) is 16.3. The number of benzene rings is 3. The van der Waals surface area contributed by atoms with Crippen LogP contribution in [0.1, 0.15) is 92.2 Å². The summed E-state index contributed by atoms with van der Waals surface area (Å²) in [6, 6.07) is 25.6. The molecule has 0 aliphatic rings. The maximum atomic E-state index is 3.28. The normalized spacial score (nSPS) is 10.1. The van der Waals surface area contributed by atoms with Crippen molar-refractivity contribution in [3.63, 3.8) is 0 Å². The lowest BCUT2D eigenvalue weighted by atomic mass is 10.0. The van der Waals surface area contributed by atoms with Gasteiger partial charge in [-0.05, 0) is 85.3 Å². The minimum absolute atomic E-state index is 1.01. The Balaban J connectivity index is 1.53. The van der Waals surface area contributed by atoms with E-state index in [4.69, 9.17) is 0 Å². The van der Waals surface area contributed by atoms with Gasteiger partial charge in [0.15, 0.2) is 0 Å². The number of rotatable bonds is 9. The summed E-state index contributed by atoms with van der Waals surface area (Å²) in [6.07, 6.45) is 11.4. The van der Waals surface area contributed by atoms with Crippen molar-refractivity contribution in [2.45, 2.75) is 71.6 Å². The Kier molecular flexibility index (Phi) is 10.4. The van der Waals surface area contributed by atoms with Gasteiger partial charge in [-0.25, -0.2) is 0 Å². The van der Waals surface area contributed by atoms with Gasteiger partial charge in [0.05, 0.1) is 0 Å². The van der Waals surface area contributed by atoms with Crippen LogP contribution in [-0.4, -0.2) is 0 Å². The molecule has 0 fully saturated rings. The summed E-state index contributed by atoms with van der Waals surface area (Å²) in [6.45, 7) is 4.50. The highest BCUT2D eigenvalue weighted by molar-refractivity contribution is 5.48. The highest BCUT2D eigenvalue weighted by Crippen LogP contribution is 2.11. The van der Waals surface area contributed by atoms with Crippen LogP contribution in [0, 0.1) is 23.7 Å². The largest absolute Gasteiger partial charge is 0.0654 e. The average molecular weight is 433 g/mol. The van der Waals surface area contributed by atoms with Crippen LogP contribution >= 0.6 is 0 Å². The molecule has 168 valence electrons. The molecule has 0 aliphatic carbocycles. The first kappa shape index (κ1) is 24.4.